The maximum Gasteiger partial charge on any atom is 0.261 e. The molecule has 3 rings (SSSR count). The first-order chi connectivity index (χ1) is 17.5. The number of amides is 2. The van der Waals surface area contributed by atoms with Gasteiger partial charge in [-0.2, -0.15) is 0 Å². The molecule has 0 atom stereocenters. The molecule has 1 fully saturated rings. The van der Waals surface area contributed by atoms with Crippen LogP contribution in [0, 0.1) is 0 Å². The molecule has 1 aliphatic rings. The highest BCUT2D eigenvalue weighted by Crippen LogP contribution is 2.24. The van der Waals surface area contributed by atoms with Gasteiger partial charge in [0.05, 0.1) is 9.88 Å². The number of benzene rings is 1. The van der Waals surface area contributed by atoms with E-state index < -0.39 is 20.8 Å². The van der Waals surface area contributed by atoms with E-state index in [2.05, 4.69) is 39.8 Å². The summed E-state index contributed by atoms with van der Waals surface area (Å²) in [5.74, 6) is -0.259. The van der Waals surface area contributed by atoms with Gasteiger partial charge in [0.1, 0.15) is 0 Å². The second-order valence-electron chi connectivity index (χ2n) is 7.74. The zero-order valence-electron chi connectivity index (χ0n) is 19.7. The Hall–Kier alpha value is 1.71. The molecule has 19 heteroatoms. The Kier molecular flexibility index (Phi) is 15.1. The number of hydrogen-bond acceptors (Lipinski definition) is 13. The van der Waals surface area contributed by atoms with E-state index in [0.717, 1.165) is 12.1 Å². The summed E-state index contributed by atoms with van der Waals surface area (Å²) in [7, 11) is -0.951. The first-order valence-corrected chi connectivity index (χ1v) is 29.0. The SMILES string of the molecule is CC(=O)Nc1ccc(C(=O)NCc2ccc(CN3CCCC3)cc2)s1.S=[S-](=S)S(=S)(=S)S(=S)(=S)S(=S)(=S)I. The molecule has 2 amide bonds. The monoisotopic (exact) mass is 868 g/mol. The summed E-state index contributed by atoms with van der Waals surface area (Å²) in [6.45, 7) is 5.34. The van der Waals surface area contributed by atoms with Gasteiger partial charge in [0.2, 0.25) is 5.91 Å². The van der Waals surface area contributed by atoms with E-state index in [-0.39, 0.29) is 11.8 Å². The third kappa shape index (κ3) is 10.8. The highest BCUT2D eigenvalue weighted by atomic mass is 127. The number of likely N-dealkylation sites (tertiary alicyclic amines) is 1. The van der Waals surface area contributed by atoms with Crippen LogP contribution in [0.3, 0.4) is 0 Å². The predicted molar refractivity (Wildman–Crippen MR) is 203 cm³/mol. The maximum absolute atomic E-state index is 12.2. The number of carbonyl (C=O) groups excluding carboxylic acids is 2. The Morgan fingerprint density at radius 1 is 0.974 bits per heavy atom. The maximum atomic E-state index is 12.2. The van der Waals surface area contributed by atoms with E-state index in [1.54, 1.807) is 12.1 Å². The van der Waals surface area contributed by atoms with Crippen LogP contribution in [0.5, 0.6) is 0 Å². The number of nitrogens with one attached hydrogen (secondary N) is 2. The summed E-state index contributed by atoms with van der Waals surface area (Å²) >= 11 is 44.0. The lowest BCUT2D eigenvalue weighted by Gasteiger charge is -2.21. The quantitative estimate of drug-likeness (QED) is 0.166. The Morgan fingerprint density at radius 2 is 1.53 bits per heavy atom. The summed E-state index contributed by atoms with van der Waals surface area (Å²) in [5.41, 5.74) is 2.40. The highest BCUT2D eigenvalue weighted by molar-refractivity contribution is 14.2. The van der Waals surface area contributed by atoms with Gasteiger partial charge < -0.3 is 10.6 Å². The van der Waals surface area contributed by atoms with E-state index in [1.165, 1.54) is 49.8 Å². The topological polar surface area (TPSA) is 61.4 Å². The zero-order chi connectivity index (χ0) is 28.7. The Bertz CT molecular complexity index is 1550. The minimum atomic E-state index is -2.19. The van der Waals surface area contributed by atoms with Crippen molar-refractivity contribution in [3.05, 3.63) is 52.4 Å². The average molecular weight is 869 g/mol. The third-order valence-electron chi connectivity index (χ3n) is 4.87. The molecule has 2 N–H and O–H groups in total. The smallest absolute Gasteiger partial charge is 0.261 e. The number of carbonyl (C=O) groups is 2. The van der Waals surface area contributed by atoms with Crippen LogP contribution < -0.4 is 10.6 Å². The molecule has 2 aromatic rings. The average Bonchev–Trinajstić information content (AvgIpc) is 3.50. The number of thiophene rings is 1. The molecule has 0 unspecified atom stereocenters. The van der Waals surface area contributed by atoms with Gasteiger partial charge >= 0.3 is 0 Å². The second-order valence-corrected chi connectivity index (χ2v) is 51.9. The van der Waals surface area contributed by atoms with Crippen LogP contribution in [0.15, 0.2) is 36.4 Å². The van der Waals surface area contributed by atoms with Crippen LogP contribution >= 0.6 is 32.5 Å². The van der Waals surface area contributed by atoms with Gasteiger partial charge in [0, 0.05) is 49.8 Å². The van der Waals surface area contributed by atoms with Crippen LogP contribution in [0.1, 0.15) is 40.6 Å². The molecule has 212 valence electrons. The Morgan fingerprint density at radius 3 is 2.00 bits per heavy atom. The van der Waals surface area contributed by atoms with Gasteiger partial charge in [-0.3, -0.25) is 21.5 Å². The van der Waals surface area contributed by atoms with Gasteiger partial charge in [-0.25, -0.2) is 22.4 Å². The van der Waals surface area contributed by atoms with Crippen molar-refractivity contribution in [2.75, 3.05) is 18.4 Å². The Balaban J connectivity index is 0.000000332. The lowest BCUT2D eigenvalue weighted by Crippen LogP contribution is -2.22. The van der Waals surface area contributed by atoms with Crippen LogP contribution in [0.2, 0.25) is 0 Å². The molecule has 1 aliphatic heterocycles. The van der Waals surface area contributed by atoms with Crippen LogP contribution in [0.25, 0.3) is 0 Å². The second kappa shape index (κ2) is 16.0. The standard InChI is InChI=1S/C19H23N3O2S.IS12/c1-14(23)21-18-9-8-17(25-18)19(24)20-12-15-4-6-16(7-5-15)13-22-10-2-3-11-22;1-11(4,5)13(8,9)12(6,7)10(2)3/h4-9H,2-3,10-13H2,1H3,(H,20,24)(H,21,23);/q;-1. The van der Waals surface area contributed by atoms with Gasteiger partial charge in [-0.1, -0.05) is 51.9 Å². The molecule has 5 nitrogen and oxygen atoms in total. The van der Waals surface area contributed by atoms with Crippen LogP contribution in [-0.2, 0) is 128 Å². The van der Waals surface area contributed by atoms with E-state index in [9.17, 15) is 9.59 Å². The number of hydrogen-bond donors (Lipinski definition) is 2. The fourth-order valence-corrected chi connectivity index (χ4v) is 54.0. The molecule has 0 aliphatic carbocycles. The molecule has 38 heavy (non-hydrogen) atoms. The lowest BCUT2D eigenvalue weighted by molar-refractivity contribution is -0.114. The normalized spacial score (nSPS) is 14.5. The molecular formula is C19H23IN3O2S13-. The molecule has 1 aromatic carbocycles. The number of anilines is 1. The van der Waals surface area contributed by atoms with Crippen molar-refractivity contribution in [1.82, 2.24) is 10.2 Å². The molecule has 1 saturated heterocycles. The van der Waals surface area contributed by atoms with Gasteiger partial charge in [-0.05, 0) is 93.9 Å². The molecular weight excluding hydrogens is 846 g/mol. The fraction of sp³-hybridized carbons (Fsp3) is 0.368. The van der Waals surface area contributed by atoms with E-state index in [1.807, 2.05) is 21.2 Å². The minimum Gasteiger partial charge on any atom is -0.347 e. The van der Waals surface area contributed by atoms with E-state index >= 15 is 0 Å². The first kappa shape index (κ1) is 35.9. The summed E-state index contributed by atoms with van der Waals surface area (Å²) < 4.78 is -1.95. The zero-order valence-corrected chi connectivity index (χ0v) is 32.4. The molecule has 0 saturated carbocycles. The number of rotatable bonds is 9. The van der Waals surface area contributed by atoms with E-state index in [4.69, 9.17) is 89.5 Å². The van der Waals surface area contributed by atoms with Crippen molar-refractivity contribution >= 4 is 160 Å². The van der Waals surface area contributed by atoms with Crippen molar-refractivity contribution in [2.24, 2.45) is 0 Å². The van der Waals surface area contributed by atoms with E-state index in [0.29, 0.717) is 16.4 Å². The highest BCUT2D eigenvalue weighted by Gasteiger charge is 2.15. The largest absolute Gasteiger partial charge is 0.347 e. The van der Waals surface area contributed by atoms with Crippen molar-refractivity contribution in [2.45, 2.75) is 32.9 Å². The molecule has 0 spiro atoms. The summed E-state index contributed by atoms with van der Waals surface area (Å²) in [6.07, 6.45) is 2.60. The fourth-order valence-electron chi connectivity index (χ4n) is 3.10. The molecule has 2 heterocycles. The van der Waals surface area contributed by atoms with Crippen LogP contribution in [0.4, 0.5) is 5.00 Å². The summed E-state index contributed by atoms with van der Waals surface area (Å²) in [6, 6.07) is 11.9. The minimum absolute atomic E-state index is 0.122. The van der Waals surface area contributed by atoms with Gasteiger partial charge in [0.25, 0.3) is 5.91 Å². The van der Waals surface area contributed by atoms with Gasteiger partial charge in [0.15, 0.2) is 0 Å². The van der Waals surface area contributed by atoms with Crippen molar-refractivity contribution in [3.63, 3.8) is 0 Å². The van der Waals surface area contributed by atoms with Crippen LogP contribution in [-0.4, -0.2) is 29.8 Å². The predicted octanol–water partition coefficient (Wildman–Crippen LogP) is 4.09. The molecule has 0 radical (unpaired) electrons. The molecule has 0 bridgehead atoms. The summed E-state index contributed by atoms with van der Waals surface area (Å²) in [4.78, 5) is 26.3. The summed E-state index contributed by atoms with van der Waals surface area (Å²) in [5, 5.41) is 1.92. The number of halogens is 1. The van der Waals surface area contributed by atoms with Crippen molar-refractivity contribution in [1.29, 1.82) is 0 Å². The van der Waals surface area contributed by atoms with Gasteiger partial charge in [-0.15, -0.1) is 11.3 Å². The number of nitrogens with zero attached hydrogens (tertiary/aromatic N) is 1. The Labute approximate surface area is 279 Å². The van der Waals surface area contributed by atoms with Crippen molar-refractivity contribution in [3.8, 4) is 0 Å². The lowest BCUT2D eigenvalue weighted by atomic mass is 10.1. The third-order valence-corrected chi connectivity index (χ3v) is 66.4. The first-order valence-electron chi connectivity index (χ1n) is 10.5. The van der Waals surface area contributed by atoms with Crippen molar-refractivity contribution < 1.29 is 9.59 Å². The molecule has 1 aromatic heterocycles.